The third-order valence-corrected chi connectivity index (χ3v) is 4.62. The Morgan fingerprint density at radius 2 is 1.73 bits per heavy atom. The summed E-state index contributed by atoms with van der Waals surface area (Å²) in [6, 6.07) is 15.0. The smallest absolute Gasteiger partial charge is 0.262 e. The topological polar surface area (TPSA) is 50.8 Å². The van der Waals surface area contributed by atoms with Gasteiger partial charge in [0.05, 0.1) is 5.69 Å². The van der Waals surface area contributed by atoms with Crippen LogP contribution in [0.5, 0.6) is 11.5 Å². The second-order valence-corrected chi connectivity index (χ2v) is 6.91. The molecule has 6 heteroatoms. The van der Waals surface area contributed by atoms with E-state index in [1.165, 1.54) is 0 Å². The highest BCUT2D eigenvalue weighted by atomic mass is 127. The van der Waals surface area contributed by atoms with E-state index in [4.69, 9.17) is 9.47 Å². The average Bonchev–Trinajstić information content (AvgIpc) is 2.66. The normalized spacial score (nSPS) is 10.6. The summed E-state index contributed by atoms with van der Waals surface area (Å²) in [5.41, 5.74) is 0.656. The van der Waals surface area contributed by atoms with Gasteiger partial charge in [0.25, 0.3) is 5.91 Å². The third kappa shape index (κ3) is 6.84. The van der Waals surface area contributed by atoms with Crippen molar-refractivity contribution in [3.05, 3.63) is 52.1 Å². The van der Waals surface area contributed by atoms with E-state index in [2.05, 4.69) is 46.7 Å². The van der Waals surface area contributed by atoms with E-state index in [0.717, 1.165) is 23.2 Å². The summed E-state index contributed by atoms with van der Waals surface area (Å²) in [5.74, 6) is 1.12. The van der Waals surface area contributed by atoms with E-state index in [1.54, 1.807) is 0 Å². The van der Waals surface area contributed by atoms with Crippen molar-refractivity contribution in [3.63, 3.8) is 0 Å². The molecule has 0 bridgehead atoms. The van der Waals surface area contributed by atoms with Crippen molar-refractivity contribution >= 4 is 34.2 Å². The largest absolute Gasteiger partial charge is 0.490 e. The van der Waals surface area contributed by atoms with Gasteiger partial charge < -0.3 is 19.7 Å². The number of ether oxygens (including phenoxy) is 2. The molecule has 0 aliphatic heterocycles. The maximum Gasteiger partial charge on any atom is 0.262 e. The molecule has 0 radical (unpaired) electrons. The first-order valence-corrected chi connectivity index (χ1v) is 9.82. The van der Waals surface area contributed by atoms with E-state index in [1.807, 2.05) is 48.5 Å². The van der Waals surface area contributed by atoms with Crippen LogP contribution in [0.1, 0.15) is 13.8 Å². The lowest BCUT2D eigenvalue weighted by molar-refractivity contribution is -0.118. The van der Waals surface area contributed by atoms with Gasteiger partial charge in [-0.15, -0.1) is 0 Å². The maximum atomic E-state index is 12.2. The lowest BCUT2D eigenvalue weighted by Gasteiger charge is -2.19. The third-order valence-electron chi connectivity index (χ3n) is 3.90. The van der Waals surface area contributed by atoms with Gasteiger partial charge in [0.15, 0.2) is 6.61 Å². The van der Waals surface area contributed by atoms with Gasteiger partial charge >= 0.3 is 0 Å². The highest BCUT2D eigenvalue weighted by Crippen LogP contribution is 2.23. The van der Waals surface area contributed by atoms with Crippen LogP contribution in [0.3, 0.4) is 0 Å². The molecule has 0 saturated heterocycles. The zero-order valence-corrected chi connectivity index (χ0v) is 17.4. The first-order chi connectivity index (χ1) is 12.6. The van der Waals surface area contributed by atoms with Crippen molar-refractivity contribution < 1.29 is 14.3 Å². The number of benzene rings is 2. The summed E-state index contributed by atoms with van der Waals surface area (Å²) in [5, 5.41) is 2.85. The average molecular weight is 468 g/mol. The molecule has 0 fully saturated rings. The number of hydrogen-bond donors (Lipinski definition) is 1. The summed E-state index contributed by atoms with van der Waals surface area (Å²) in [4.78, 5) is 14.5. The number of likely N-dealkylation sites (N-methyl/N-ethyl adjacent to an activating group) is 1. The first kappa shape index (κ1) is 20.5. The molecule has 140 valence electrons. The van der Waals surface area contributed by atoms with Crippen LogP contribution in [0.4, 0.5) is 5.69 Å². The summed E-state index contributed by atoms with van der Waals surface area (Å²) < 4.78 is 12.5. The first-order valence-electron chi connectivity index (χ1n) is 8.74. The Bertz CT molecular complexity index is 688. The summed E-state index contributed by atoms with van der Waals surface area (Å²) in [6.07, 6.45) is 0. The predicted molar refractivity (Wildman–Crippen MR) is 113 cm³/mol. The van der Waals surface area contributed by atoms with E-state index >= 15 is 0 Å². The van der Waals surface area contributed by atoms with Crippen molar-refractivity contribution in [1.29, 1.82) is 0 Å². The number of para-hydroxylation sites is 2. The number of amides is 1. The molecule has 0 aliphatic carbocycles. The Morgan fingerprint density at radius 3 is 2.42 bits per heavy atom. The van der Waals surface area contributed by atoms with Crippen LogP contribution >= 0.6 is 22.6 Å². The van der Waals surface area contributed by atoms with Crippen LogP contribution in [-0.4, -0.2) is 43.7 Å². The molecule has 0 heterocycles. The highest BCUT2D eigenvalue weighted by Gasteiger charge is 2.09. The van der Waals surface area contributed by atoms with Gasteiger partial charge in [-0.05, 0) is 72.1 Å². The molecule has 0 aliphatic rings. The molecule has 2 rings (SSSR count). The Kier molecular flexibility index (Phi) is 8.70. The quantitative estimate of drug-likeness (QED) is 0.536. The predicted octanol–water partition coefficient (Wildman–Crippen LogP) is 4.03. The van der Waals surface area contributed by atoms with E-state index in [0.29, 0.717) is 23.8 Å². The number of anilines is 1. The lowest BCUT2D eigenvalue weighted by atomic mass is 10.3. The van der Waals surface area contributed by atoms with Crippen LogP contribution in [0.25, 0.3) is 0 Å². The molecule has 2 aromatic carbocycles. The Balaban J connectivity index is 1.86. The van der Waals surface area contributed by atoms with Crippen molar-refractivity contribution in [1.82, 2.24) is 4.90 Å². The van der Waals surface area contributed by atoms with E-state index < -0.39 is 0 Å². The van der Waals surface area contributed by atoms with E-state index in [9.17, 15) is 4.79 Å². The Labute approximate surface area is 168 Å². The minimum absolute atomic E-state index is 0.0472. The number of halogens is 1. The molecular weight excluding hydrogens is 443 g/mol. The van der Waals surface area contributed by atoms with Crippen molar-refractivity contribution in [2.24, 2.45) is 0 Å². The van der Waals surface area contributed by atoms with Gasteiger partial charge in [-0.25, -0.2) is 0 Å². The number of nitrogens with zero attached hydrogens (tertiary/aromatic N) is 1. The minimum atomic E-state index is -0.219. The van der Waals surface area contributed by atoms with Crippen molar-refractivity contribution in [3.8, 4) is 11.5 Å². The highest BCUT2D eigenvalue weighted by molar-refractivity contribution is 14.1. The van der Waals surface area contributed by atoms with Gasteiger partial charge in [-0.1, -0.05) is 26.0 Å². The molecule has 1 N–H and O–H groups in total. The fraction of sp³-hybridized carbons (Fsp3) is 0.350. The summed E-state index contributed by atoms with van der Waals surface area (Å²) >= 11 is 2.22. The lowest BCUT2D eigenvalue weighted by Crippen LogP contribution is -2.28. The van der Waals surface area contributed by atoms with Gasteiger partial charge in [-0.3, -0.25) is 4.79 Å². The number of hydrogen-bond acceptors (Lipinski definition) is 4. The number of carbonyl (C=O) groups is 1. The molecule has 5 nitrogen and oxygen atoms in total. The van der Waals surface area contributed by atoms with Gasteiger partial charge in [0, 0.05) is 10.1 Å². The Morgan fingerprint density at radius 1 is 1.04 bits per heavy atom. The molecule has 0 saturated carbocycles. The minimum Gasteiger partial charge on any atom is -0.490 e. The fourth-order valence-corrected chi connectivity index (χ4v) is 2.75. The van der Waals surface area contributed by atoms with Crippen molar-refractivity contribution in [2.75, 3.05) is 38.2 Å². The van der Waals surface area contributed by atoms with Gasteiger partial charge in [0.2, 0.25) is 0 Å². The van der Waals surface area contributed by atoms with Gasteiger partial charge in [0.1, 0.15) is 18.1 Å². The Hall–Kier alpha value is -1.80. The SMILES string of the molecule is CCN(CC)CCOc1ccccc1NC(=O)COc1ccc(I)cc1. The number of nitrogens with one attached hydrogen (secondary N) is 1. The molecule has 2 aromatic rings. The maximum absolute atomic E-state index is 12.2. The van der Waals surface area contributed by atoms with E-state index in [-0.39, 0.29) is 12.5 Å². The zero-order chi connectivity index (χ0) is 18.8. The molecule has 0 aromatic heterocycles. The van der Waals surface area contributed by atoms with Crippen molar-refractivity contribution in [2.45, 2.75) is 13.8 Å². The molecular formula is C20H25IN2O3. The number of carbonyl (C=O) groups excluding carboxylic acids is 1. The monoisotopic (exact) mass is 468 g/mol. The summed E-state index contributed by atoms with van der Waals surface area (Å²) in [6.45, 7) is 7.63. The zero-order valence-electron chi connectivity index (χ0n) is 15.2. The second-order valence-electron chi connectivity index (χ2n) is 5.66. The van der Waals surface area contributed by atoms with Crippen LogP contribution in [0.15, 0.2) is 48.5 Å². The summed E-state index contributed by atoms with van der Waals surface area (Å²) in [7, 11) is 0. The molecule has 1 amide bonds. The molecule has 0 unspecified atom stereocenters. The molecule has 26 heavy (non-hydrogen) atoms. The van der Waals surface area contributed by atoms with Crippen LogP contribution in [-0.2, 0) is 4.79 Å². The van der Waals surface area contributed by atoms with Crippen LogP contribution in [0.2, 0.25) is 0 Å². The standard InChI is InChI=1S/C20H25IN2O3/c1-3-23(4-2)13-14-25-19-8-6-5-7-18(19)22-20(24)15-26-17-11-9-16(21)10-12-17/h5-12H,3-4,13-15H2,1-2H3,(H,22,24). The molecule has 0 spiro atoms. The van der Waals surface area contributed by atoms with Gasteiger partial charge in [-0.2, -0.15) is 0 Å². The van der Waals surface area contributed by atoms with Crippen LogP contribution < -0.4 is 14.8 Å². The fourth-order valence-electron chi connectivity index (χ4n) is 2.39. The molecule has 0 atom stereocenters. The second kappa shape index (κ2) is 11.0. The van der Waals surface area contributed by atoms with Crippen LogP contribution in [0, 0.1) is 3.57 Å². The number of rotatable bonds is 10.